The maximum Gasteiger partial charge on any atom is 0.333 e. The summed E-state index contributed by atoms with van der Waals surface area (Å²) in [5, 5.41) is 12.5. The van der Waals surface area contributed by atoms with Crippen molar-refractivity contribution in [1.82, 2.24) is 5.32 Å². The van der Waals surface area contributed by atoms with Gasteiger partial charge in [-0.3, -0.25) is 4.79 Å². The van der Waals surface area contributed by atoms with Crippen LogP contribution in [0.25, 0.3) is 6.08 Å². The highest BCUT2D eigenvalue weighted by Crippen LogP contribution is 2.26. The summed E-state index contributed by atoms with van der Waals surface area (Å²) in [5.41, 5.74) is 1.27. The molecule has 1 aliphatic rings. The SMILES string of the molecule is O=C1NC(=Cc2ccc(O)c(I)c2)C(=O)N1c1cccc(Cl)c1. The molecule has 0 bridgehead atoms. The number of aromatic hydroxyl groups is 1. The minimum absolute atomic E-state index is 0.162. The van der Waals surface area contributed by atoms with Crippen LogP contribution in [0.3, 0.4) is 0 Å². The number of amides is 3. The third-order valence-corrected chi connectivity index (χ3v) is 4.33. The highest BCUT2D eigenvalue weighted by atomic mass is 127. The van der Waals surface area contributed by atoms with E-state index < -0.39 is 11.9 Å². The van der Waals surface area contributed by atoms with E-state index in [1.54, 1.807) is 42.5 Å². The molecule has 1 heterocycles. The Balaban J connectivity index is 1.94. The van der Waals surface area contributed by atoms with Gasteiger partial charge in [0, 0.05) is 5.02 Å². The number of nitrogens with zero attached hydrogens (tertiary/aromatic N) is 1. The largest absolute Gasteiger partial charge is 0.507 e. The third-order valence-electron chi connectivity index (χ3n) is 3.23. The van der Waals surface area contributed by atoms with Crippen molar-refractivity contribution in [3.8, 4) is 5.75 Å². The van der Waals surface area contributed by atoms with E-state index in [2.05, 4.69) is 5.32 Å². The van der Waals surface area contributed by atoms with Crippen LogP contribution in [0.5, 0.6) is 5.75 Å². The predicted octanol–water partition coefficient (Wildman–Crippen LogP) is 3.75. The van der Waals surface area contributed by atoms with Crippen molar-refractivity contribution in [3.63, 3.8) is 0 Å². The fraction of sp³-hybridized carbons (Fsp3) is 0. The number of phenolic OH excluding ortho intramolecular Hbond substituents is 1. The van der Waals surface area contributed by atoms with Crippen molar-refractivity contribution < 1.29 is 14.7 Å². The molecule has 0 spiro atoms. The average molecular weight is 441 g/mol. The number of benzene rings is 2. The van der Waals surface area contributed by atoms with E-state index in [1.165, 1.54) is 6.07 Å². The van der Waals surface area contributed by atoms with E-state index >= 15 is 0 Å². The van der Waals surface area contributed by atoms with Gasteiger partial charge in [-0.05, 0) is 64.6 Å². The summed E-state index contributed by atoms with van der Waals surface area (Å²) in [6.45, 7) is 0. The standard InChI is InChI=1S/C16H10ClIN2O3/c17-10-2-1-3-11(8-10)20-15(22)13(19-16(20)23)7-9-4-5-14(21)12(18)6-9/h1-8,21H,(H,19,23). The fourth-order valence-corrected chi connectivity index (χ4v) is 2.89. The lowest BCUT2D eigenvalue weighted by atomic mass is 10.2. The molecule has 116 valence electrons. The quantitative estimate of drug-likeness (QED) is 0.425. The number of hydrogen-bond donors (Lipinski definition) is 2. The number of hydrogen-bond acceptors (Lipinski definition) is 3. The number of carbonyl (C=O) groups is 2. The number of nitrogens with one attached hydrogen (secondary N) is 1. The molecule has 0 aromatic heterocycles. The molecule has 3 rings (SSSR count). The smallest absolute Gasteiger partial charge is 0.333 e. The van der Waals surface area contributed by atoms with Gasteiger partial charge in [-0.1, -0.05) is 23.7 Å². The molecule has 1 aliphatic heterocycles. The van der Waals surface area contributed by atoms with E-state index in [4.69, 9.17) is 11.6 Å². The summed E-state index contributed by atoms with van der Waals surface area (Å²) in [7, 11) is 0. The Morgan fingerprint density at radius 2 is 1.96 bits per heavy atom. The molecule has 2 N–H and O–H groups in total. The molecule has 0 atom stereocenters. The van der Waals surface area contributed by atoms with Crippen molar-refractivity contribution in [2.24, 2.45) is 0 Å². The molecule has 1 saturated heterocycles. The van der Waals surface area contributed by atoms with E-state index in [0.29, 0.717) is 19.8 Å². The Kier molecular flexibility index (Phi) is 4.27. The molecule has 0 radical (unpaired) electrons. The summed E-state index contributed by atoms with van der Waals surface area (Å²) in [6, 6.07) is 10.9. The number of carbonyl (C=O) groups excluding carboxylic acids is 2. The fourth-order valence-electron chi connectivity index (χ4n) is 2.16. The van der Waals surface area contributed by atoms with Crippen LogP contribution in [0.1, 0.15) is 5.56 Å². The van der Waals surface area contributed by atoms with Crippen LogP contribution >= 0.6 is 34.2 Å². The Morgan fingerprint density at radius 3 is 2.65 bits per heavy atom. The normalized spacial score (nSPS) is 16.1. The van der Waals surface area contributed by atoms with Crippen molar-refractivity contribution in [1.29, 1.82) is 0 Å². The van der Waals surface area contributed by atoms with Gasteiger partial charge in [-0.15, -0.1) is 0 Å². The zero-order valence-electron chi connectivity index (χ0n) is 11.6. The van der Waals surface area contributed by atoms with Gasteiger partial charge in [0.2, 0.25) is 0 Å². The lowest BCUT2D eigenvalue weighted by Crippen LogP contribution is -2.30. The Labute approximate surface area is 150 Å². The second kappa shape index (κ2) is 6.21. The number of rotatable bonds is 2. The van der Waals surface area contributed by atoms with E-state index in [1.807, 2.05) is 22.6 Å². The Morgan fingerprint density at radius 1 is 1.17 bits per heavy atom. The predicted molar refractivity (Wildman–Crippen MR) is 96.3 cm³/mol. The lowest BCUT2D eigenvalue weighted by molar-refractivity contribution is -0.113. The van der Waals surface area contributed by atoms with Gasteiger partial charge in [-0.25, -0.2) is 9.69 Å². The Hall–Kier alpha value is -2.06. The molecular formula is C16H10ClIN2O3. The number of anilines is 1. The topological polar surface area (TPSA) is 69.6 Å². The number of imide groups is 1. The minimum Gasteiger partial charge on any atom is -0.507 e. The van der Waals surface area contributed by atoms with Crippen LogP contribution in [0.15, 0.2) is 48.2 Å². The second-order valence-electron chi connectivity index (χ2n) is 4.82. The van der Waals surface area contributed by atoms with E-state index in [-0.39, 0.29) is 11.4 Å². The highest BCUT2D eigenvalue weighted by molar-refractivity contribution is 14.1. The molecular weight excluding hydrogens is 431 g/mol. The number of halogens is 2. The summed E-state index contributed by atoms with van der Waals surface area (Å²) in [5.74, 6) is -0.296. The van der Waals surface area contributed by atoms with Crippen LogP contribution in [0.2, 0.25) is 5.02 Å². The summed E-state index contributed by atoms with van der Waals surface area (Å²) in [6.07, 6.45) is 1.56. The van der Waals surface area contributed by atoms with Gasteiger partial charge in [0.1, 0.15) is 11.4 Å². The van der Waals surface area contributed by atoms with Gasteiger partial charge in [0.15, 0.2) is 0 Å². The summed E-state index contributed by atoms with van der Waals surface area (Å²) in [4.78, 5) is 25.6. The minimum atomic E-state index is -0.531. The molecule has 2 aromatic carbocycles. The van der Waals surface area contributed by atoms with Crippen molar-refractivity contribution in [3.05, 3.63) is 62.3 Å². The number of phenols is 1. The first-order valence-corrected chi connectivity index (χ1v) is 8.02. The van der Waals surface area contributed by atoms with E-state index in [0.717, 1.165) is 4.90 Å². The van der Waals surface area contributed by atoms with Crippen molar-refractivity contribution in [2.45, 2.75) is 0 Å². The van der Waals surface area contributed by atoms with Crippen LogP contribution in [-0.4, -0.2) is 17.0 Å². The maximum absolute atomic E-state index is 12.5. The molecule has 7 heteroatoms. The second-order valence-corrected chi connectivity index (χ2v) is 6.42. The molecule has 0 aliphatic carbocycles. The first kappa shape index (κ1) is 15.8. The molecule has 1 fully saturated rings. The zero-order chi connectivity index (χ0) is 16.6. The first-order valence-electron chi connectivity index (χ1n) is 6.57. The monoisotopic (exact) mass is 440 g/mol. The maximum atomic E-state index is 12.5. The molecule has 5 nitrogen and oxygen atoms in total. The van der Waals surface area contributed by atoms with Crippen LogP contribution in [0.4, 0.5) is 10.5 Å². The molecule has 3 amide bonds. The van der Waals surface area contributed by atoms with E-state index in [9.17, 15) is 14.7 Å². The van der Waals surface area contributed by atoms with Gasteiger partial charge in [0.25, 0.3) is 5.91 Å². The molecule has 23 heavy (non-hydrogen) atoms. The van der Waals surface area contributed by atoms with Gasteiger partial charge >= 0.3 is 6.03 Å². The van der Waals surface area contributed by atoms with Crippen molar-refractivity contribution in [2.75, 3.05) is 4.90 Å². The van der Waals surface area contributed by atoms with Crippen LogP contribution in [0, 0.1) is 3.57 Å². The summed E-state index contributed by atoms with van der Waals surface area (Å²) >= 11 is 7.89. The van der Waals surface area contributed by atoms with Gasteiger partial charge < -0.3 is 10.4 Å². The summed E-state index contributed by atoms with van der Waals surface area (Å²) < 4.78 is 0.653. The first-order chi connectivity index (χ1) is 11.0. The highest BCUT2D eigenvalue weighted by Gasteiger charge is 2.34. The van der Waals surface area contributed by atoms with Crippen molar-refractivity contribution >= 4 is 57.9 Å². The third kappa shape index (κ3) is 3.18. The lowest BCUT2D eigenvalue weighted by Gasteiger charge is -2.11. The van der Waals surface area contributed by atoms with Crippen LogP contribution < -0.4 is 10.2 Å². The van der Waals surface area contributed by atoms with Crippen LogP contribution in [-0.2, 0) is 4.79 Å². The van der Waals surface area contributed by atoms with Gasteiger partial charge in [0.05, 0.1) is 9.26 Å². The Bertz CT molecular complexity index is 851. The average Bonchev–Trinajstić information content (AvgIpc) is 2.77. The molecule has 2 aromatic rings. The zero-order valence-corrected chi connectivity index (χ0v) is 14.5. The van der Waals surface area contributed by atoms with Gasteiger partial charge in [-0.2, -0.15) is 0 Å². The molecule has 0 unspecified atom stereocenters. The number of urea groups is 1. The molecule has 0 saturated carbocycles.